The Morgan fingerprint density at radius 1 is 1.08 bits per heavy atom. The van der Waals surface area contributed by atoms with E-state index in [1.165, 1.54) is 6.07 Å². The Morgan fingerprint density at radius 2 is 1.80 bits per heavy atom. The summed E-state index contributed by atoms with van der Waals surface area (Å²) in [6, 6.07) is 10.5. The van der Waals surface area contributed by atoms with Gasteiger partial charge >= 0.3 is 0 Å². The molecule has 0 saturated heterocycles. The van der Waals surface area contributed by atoms with Crippen molar-refractivity contribution in [2.45, 2.75) is 26.7 Å². The van der Waals surface area contributed by atoms with Gasteiger partial charge in [0.25, 0.3) is 5.91 Å². The number of carbonyl (C=O) groups is 2. The third kappa shape index (κ3) is 4.97. The van der Waals surface area contributed by atoms with Crippen LogP contribution in [0.4, 0.5) is 5.69 Å². The number of halogens is 2. The molecule has 0 heterocycles. The lowest BCUT2D eigenvalue weighted by Gasteiger charge is -2.16. The average Bonchev–Trinajstić information content (AvgIpc) is 2.56. The molecule has 0 bridgehead atoms. The molecule has 2 rings (SSSR count). The molecule has 0 unspecified atom stereocenters. The molecule has 0 fully saturated rings. The summed E-state index contributed by atoms with van der Waals surface area (Å²) in [7, 11) is 0. The molecule has 2 aromatic carbocycles. The van der Waals surface area contributed by atoms with Gasteiger partial charge < -0.3 is 10.6 Å². The van der Waals surface area contributed by atoms with Crippen LogP contribution in [-0.4, -0.2) is 18.4 Å². The van der Waals surface area contributed by atoms with Gasteiger partial charge in [-0.1, -0.05) is 55.2 Å². The van der Waals surface area contributed by atoms with Gasteiger partial charge in [-0.15, -0.1) is 0 Å². The summed E-state index contributed by atoms with van der Waals surface area (Å²) < 4.78 is 0. The van der Waals surface area contributed by atoms with Crippen LogP contribution in [0.3, 0.4) is 0 Å². The molecule has 0 atom stereocenters. The Kier molecular flexibility index (Phi) is 6.45. The SMILES string of the molecule is Cc1cccc(C(C)C)c1NC(=O)CNC(=O)c1ccc(Cl)c(Cl)c1. The predicted octanol–water partition coefficient (Wildman–Crippen LogP) is 4.79. The maximum atomic E-state index is 12.2. The number of aryl methyl sites for hydroxylation is 1. The summed E-state index contributed by atoms with van der Waals surface area (Å²) >= 11 is 11.7. The maximum Gasteiger partial charge on any atom is 0.251 e. The lowest BCUT2D eigenvalue weighted by atomic mass is 9.98. The zero-order valence-electron chi connectivity index (χ0n) is 14.3. The second-order valence-corrected chi connectivity index (χ2v) is 6.87. The van der Waals surface area contributed by atoms with Gasteiger partial charge in [0.1, 0.15) is 0 Å². The van der Waals surface area contributed by atoms with E-state index in [0.717, 1.165) is 16.8 Å². The summed E-state index contributed by atoms with van der Waals surface area (Å²) in [4.78, 5) is 24.3. The first-order valence-electron chi connectivity index (χ1n) is 7.92. The number of amides is 2. The fraction of sp³-hybridized carbons (Fsp3) is 0.263. The second kappa shape index (κ2) is 8.37. The van der Waals surface area contributed by atoms with Crippen molar-refractivity contribution in [2.75, 3.05) is 11.9 Å². The molecular formula is C19H20Cl2N2O2. The van der Waals surface area contributed by atoms with E-state index in [4.69, 9.17) is 23.2 Å². The molecule has 132 valence electrons. The van der Waals surface area contributed by atoms with Crippen molar-refractivity contribution in [2.24, 2.45) is 0 Å². The van der Waals surface area contributed by atoms with Crippen LogP contribution in [0.2, 0.25) is 10.0 Å². The Morgan fingerprint density at radius 3 is 2.44 bits per heavy atom. The zero-order valence-corrected chi connectivity index (χ0v) is 15.8. The highest BCUT2D eigenvalue weighted by Gasteiger charge is 2.14. The van der Waals surface area contributed by atoms with Crippen LogP contribution in [0, 0.1) is 6.92 Å². The van der Waals surface area contributed by atoms with Gasteiger partial charge in [0.15, 0.2) is 0 Å². The van der Waals surface area contributed by atoms with Crippen LogP contribution in [0.5, 0.6) is 0 Å². The number of benzene rings is 2. The molecule has 0 aliphatic heterocycles. The first-order valence-corrected chi connectivity index (χ1v) is 8.67. The first kappa shape index (κ1) is 19.3. The van der Waals surface area contributed by atoms with E-state index < -0.39 is 0 Å². The zero-order chi connectivity index (χ0) is 18.6. The van der Waals surface area contributed by atoms with Crippen molar-refractivity contribution in [3.8, 4) is 0 Å². The fourth-order valence-corrected chi connectivity index (χ4v) is 2.72. The van der Waals surface area contributed by atoms with E-state index in [0.29, 0.717) is 15.6 Å². The molecule has 6 heteroatoms. The van der Waals surface area contributed by atoms with Gasteiger partial charge in [0, 0.05) is 11.3 Å². The van der Waals surface area contributed by atoms with Crippen molar-refractivity contribution in [1.82, 2.24) is 5.32 Å². The van der Waals surface area contributed by atoms with Crippen molar-refractivity contribution >= 4 is 40.7 Å². The van der Waals surface area contributed by atoms with Gasteiger partial charge in [-0.25, -0.2) is 0 Å². The largest absolute Gasteiger partial charge is 0.343 e. The van der Waals surface area contributed by atoms with E-state index in [-0.39, 0.29) is 24.3 Å². The number of hydrogen-bond donors (Lipinski definition) is 2. The van der Waals surface area contributed by atoms with Gasteiger partial charge in [-0.3, -0.25) is 9.59 Å². The molecule has 0 saturated carbocycles. The number of nitrogens with one attached hydrogen (secondary N) is 2. The monoisotopic (exact) mass is 378 g/mol. The summed E-state index contributed by atoms with van der Waals surface area (Å²) in [5.41, 5.74) is 3.19. The summed E-state index contributed by atoms with van der Waals surface area (Å²) in [6.07, 6.45) is 0. The number of para-hydroxylation sites is 1. The fourth-order valence-electron chi connectivity index (χ4n) is 2.43. The molecule has 0 aromatic heterocycles. The first-order chi connectivity index (χ1) is 11.8. The number of anilines is 1. The van der Waals surface area contributed by atoms with Crippen molar-refractivity contribution in [3.63, 3.8) is 0 Å². The molecule has 2 N–H and O–H groups in total. The van der Waals surface area contributed by atoms with E-state index in [2.05, 4.69) is 24.5 Å². The predicted molar refractivity (Wildman–Crippen MR) is 103 cm³/mol. The van der Waals surface area contributed by atoms with Crippen molar-refractivity contribution < 1.29 is 9.59 Å². The van der Waals surface area contributed by atoms with Crippen LogP contribution in [0.1, 0.15) is 41.3 Å². The standard InChI is InChI=1S/C19H20Cl2N2O2/c1-11(2)14-6-4-5-12(3)18(14)23-17(24)10-22-19(25)13-7-8-15(20)16(21)9-13/h4-9,11H,10H2,1-3H3,(H,22,25)(H,23,24). The molecule has 4 nitrogen and oxygen atoms in total. The topological polar surface area (TPSA) is 58.2 Å². The lowest BCUT2D eigenvalue weighted by molar-refractivity contribution is -0.115. The van der Waals surface area contributed by atoms with E-state index in [1.54, 1.807) is 12.1 Å². The van der Waals surface area contributed by atoms with Gasteiger partial charge in [0.05, 0.1) is 16.6 Å². The molecule has 0 radical (unpaired) electrons. The lowest BCUT2D eigenvalue weighted by Crippen LogP contribution is -2.33. The summed E-state index contributed by atoms with van der Waals surface area (Å²) in [5.74, 6) is -0.395. The highest BCUT2D eigenvalue weighted by Crippen LogP contribution is 2.27. The Bertz CT molecular complexity index is 804. The Hall–Kier alpha value is -2.04. The molecule has 0 aliphatic rings. The van der Waals surface area contributed by atoms with E-state index in [9.17, 15) is 9.59 Å². The minimum Gasteiger partial charge on any atom is -0.343 e. The molecule has 0 spiro atoms. The third-order valence-electron chi connectivity index (χ3n) is 3.78. The quantitative estimate of drug-likeness (QED) is 0.785. The smallest absolute Gasteiger partial charge is 0.251 e. The molecule has 2 aromatic rings. The van der Waals surface area contributed by atoms with Crippen molar-refractivity contribution in [3.05, 3.63) is 63.1 Å². The van der Waals surface area contributed by atoms with Crippen LogP contribution < -0.4 is 10.6 Å². The molecular weight excluding hydrogens is 359 g/mol. The summed E-state index contributed by atoms with van der Waals surface area (Å²) in [6.45, 7) is 5.94. The normalized spacial score (nSPS) is 10.6. The number of carbonyl (C=O) groups excluding carboxylic acids is 2. The van der Waals surface area contributed by atoms with E-state index in [1.807, 2.05) is 25.1 Å². The van der Waals surface area contributed by atoms with Crippen molar-refractivity contribution in [1.29, 1.82) is 0 Å². The maximum absolute atomic E-state index is 12.2. The van der Waals surface area contributed by atoms with Gasteiger partial charge in [-0.05, 0) is 42.2 Å². The average molecular weight is 379 g/mol. The van der Waals surface area contributed by atoms with Crippen LogP contribution in [-0.2, 0) is 4.79 Å². The molecule has 0 aliphatic carbocycles. The third-order valence-corrected chi connectivity index (χ3v) is 4.52. The second-order valence-electron chi connectivity index (χ2n) is 6.05. The minimum atomic E-state index is -0.386. The van der Waals surface area contributed by atoms with Gasteiger partial charge in [0.2, 0.25) is 5.91 Å². The van der Waals surface area contributed by atoms with Crippen LogP contribution in [0.15, 0.2) is 36.4 Å². The van der Waals surface area contributed by atoms with Crippen LogP contribution in [0.25, 0.3) is 0 Å². The Balaban J connectivity index is 2.02. The Labute approximate surface area is 157 Å². The summed E-state index contributed by atoms with van der Waals surface area (Å²) in [5, 5.41) is 6.13. The van der Waals surface area contributed by atoms with Crippen LogP contribution >= 0.6 is 23.2 Å². The molecule has 2 amide bonds. The minimum absolute atomic E-state index is 0.134. The van der Waals surface area contributed by atoms with Gasteiger partial charge in [-0.2, -0.15) is 0 Å². The van der Waals surface area contributed by atoms with E-state index >= 15 is 0 Å². The molecule has 25 heavy (non-hydrogen) atoms. The highest BCUT2D eigenvalue weighted by molar-refractivity contribution is 6.42. The number of hydrogen-bond acceptors (Lipinski definition) is 2. The highest BCUT2D eigenvalue weighted by atomic mass is 35.5. The number of rotatable bonds is 5.